The maximum atomic E-state index is 13.4. The minimum absolute atomic E-state index is 0.0575. The van der Waals surface area contributed by atoms with Crippen LogP contribution >= 0.6 is 0 Å². The van der Waals surface area contributed by atoms with Crippen molar-refractivity contribution in [2.75, 3.05) is 37.8 Å². The molecule has 0 radical (unpaired) electrons. The van der Waals surface area contributed by atoms with E-state index in [4.69, 9.17) is 0 Å². The lowest BCUT2D eigenvalue weighted by Gasteiger charge is -2.47. The molecule has 2 atom stereocenters. The number of aliphatic hydroxyl groups is 1. The second kappa shape index (κ2) is 7.46. The van der Waals surface area contributed by atoms with E-state index in [0.29, 0.717) is 31.6 Å². The average molecular weight is 399 g/mol. The zero-order valence-corrected chi connectivity index (χ0v) is 16.4. The second-order valence-corrected chi connectivity index (χ2v) is 9.46. The summed E-state index contributed by atoms with van der Waals surface area (Å²) in [5.74, 6) is -0.716. The molecule has 7 nitrogen and oxygen atoms in total. The third-order valence-electron chi connectivity index (χ3n) is 5.62. The number of rotatable bonds is 4. The molecule has 1 aromatic carbocycles. The van der Waals surface area contributed by atoms with Crippen molar-refractivity contribution in [3.05, 3.63) is 29.6 Å². The summed E-state index contributed by atoms with van der Waals surface area (Å²) in [5.41, 5.74) is 0.421. The molecule has 27 heavy (non-hydrogen) atoms. The van der Waals surface area contributed by atoms with Gasteiger partial charge in [-0.15, -0.1) is 0 Å². The van der Waals surface area contributed by atoms with Crippen LogP contribution in [0.3, 0.4) is 0 Å². The van der Waals surface area contributed by atoms with E-state index in [2.05, 4.69) is 5.32 Å². The van der Waals surface area contributed by atoms with Crippen molar-refractivity contribution in [3.63, 3.8) is 0 Å². The first kappa shape index (κ1) is 20.2. The molecule has 150 valence electrons. The topological polar surface area (TPSA) is 90.0 Å². The molecule has 9 heteroatoms. The zero-order chi connectivity index (χ0) is 19.8. The SMILES string of the molecule is Cc1ccc(F)cc1NC(=O)CN1CC[C@@]2(CCCN2S(C)(=O)=O)[C@@H](O)C1. The third-order valence-corrected chi connectivity index (χ3v) is 6.97. The Hall–Kier alpha value is -1.55. The van der Waals surface area contributed by atoms with Crippen LogP contribution in [0.2, 0.25) is 0 Å². The molecule has 0 aromatic heterocycles. The first-order chi connectivity index (χ1) is 12.6. The Kier molecular flexibility index (Phi) is 5.58. The maximum absolute atomic E-state index is 13.4. The van der Waals surface area contributed by atoms with E-state index in [1.165, 1.54) is 22.7 Å². The normalized spacial score (nSPS) is 27.2. The number of carbonyl (C=O) groups is 1. The van der Waals surface area contributed by atoms with E-state index in [9.17, 15) is 22.7 Å². The van der Waals surface area contributed by atoms with Crippen molar-refractivity contribution >= 4 is 21.6 Å². The van der Waals surface area contributed by atoms with Gasteiger partial charge >= 0.3 is 0 Å². The highest BCUT2D eigenvalue weighted by atomic mass is 32.2. The van der Waals surface area contributed by atoms with Crippen LogP contribution in [0.1, 0.15) is 24.8 Å². The van der Waals surface area contributed by atoms with Gasteiger partial charge in [0.2, 0.25) is 15.9 Å². The van der Waals surface area contributed by atoms with Crippen LogP contribution in [-0.4, -0.2) is 72.7 Å². The summed E-state index contributed by atoms with van der Waals surface area (Å²) in [5, 5.41) is 13.4. The van der Waals surface area contributed by atoms with Crippen LogP contribution in [-0.2, 0) is 14.8 Å². The van der Waals surface area contributed by atoms with Gasteiger partial charge in [-0.2, -0.15) is 4.31 Å². The Morgan fingerprint density at radius 1 is 1.37 bits per heavy atom. The lowest BCUT2D eigenvalue weighted by atomic mass is 9.83. The van der Waals surface area contributed by atoms with Crippen molar-refractivity contribution in [1.82, 2.24) is 9.21 Å². The molecule has 2 fully saturated rings. The highest BCUT2D eigenvalue weighted by Gasteiger charge is 2.52. The molecule has 0 unspecified atom stereocenters. The summed E-state index contributed by atoms with van der Waals surface area (Å²) in [6.07, 6.45) is 2.15. The summed E-state index contributed by atoms with van der Waals surface area (Å²) in [6.45, 7) is 3.00. The van der Waals surface area contributed by atoms with E-state index >= 15 is 0 Å². The number of aryl methyl sites for hydroxylation is 1. The van der Waals surface area contributed by atoms with Crippen LogP contribution in [0.4, 0.5) is 10.1 Å². The van der Waals surface area contributed by atoms with E-state index in [1.54, 1.807) is 17.9 Å². The molecule has 1 amide bonds. The fraction of sp³-hybridized carbons (Fsp3) is 0.611. The van der Waals surface area contributed by atoms with Crippen LogP contribution in [0.25, 0.3) is 0 Å². The van der Waals surface area contributed by atoms with Crippen LogP contribution in [0.15, 0.2) is 18.2 Å². The van der Waals surface area contributed by atoms with Gasteiger partial charge in [-0.3, -0.25) is 9.69 Å². The fourth-order valence-corrected chi connectivity index (χ4v) is 5.67. The molecular formula is C18H26FN3O4S. The molecule has 3 rings (SSSR count). The first-order valence-electron chi connectivity index (χ1n) is 9.06. The summed E-state index contributed by atoms with van der Waals surface area (Å²) in [6, 6.07) is 4.20. The monoisotopic (exact) mass is 399 g/mol. The van der Waals surface area contributed by atoms with E-state index in [1.807, 2.05) is 0 Å². The number of amides is 1. The van der Waals surface area contributed by atoms with Crippen molar-refractivity contribution < 1.29 is 22.7 Å². The number of anilines is 1. The van der Waals surface area contributed by atoms with Crippen molar-refractivity contribution in [2.45, 2.75) is 37.8 Å². The molecular weight excluding hydrogens is 373 g/mol. The zero-order valence-electron chi connectivity index (χ0n) is 15.6. The number of β-amino-alcohol motifs (C(OH)–C–C–N with tert-alkyl or cyclic N) is 1. The Balaban J connectivity index is 1.63. The standard InChI is InChI=1S/C18H26FN3O4S/c1-13-4-5-14(19)10-15(13)20-17(24)12-21-9-7-18(16(23)11-21)6-3-8-22(18)27(2,25)26/h4-5,10,16,23H,3,6-9,11-12H2,1-2H3,(H,20,24)/t16-,18-/m0/s1. The number of nitrogens with zero attached hydrogens (tertiary/aromatic N) is 2. The first-order valence-corrected chi connectivity index (χ1v) is 10.9. The number of halogens is 1. The summed E-state index contributed by atoms with van der Waals surface area (Å²) in [4.78, 5) is 14.1. The molecule has 0 aliphatic carbocycles. The molecule has 2 heterocycles. The van der Waals surface area contributed by atoms with E-state index in [0.717, 1.165) is 12.0 Å². The quantitative estimate of drug-likeness (QED) is 0.786. The number of likely N-dealkylation sites (tertiary alicyclic amines) is 1. The lowest BCUT2D eigenvalue weighted by Crippen LogP contribution is -2.63. The summed E-state index contributed by atoms with van der Waals surface area (Å²) >= 11 is 0. The van der Waals surface area contributed by atoms with Crippen LogP contribution < -0.4 is 5.32 Å². The lowest BCUT2D eigenvalue weighted by molar-refractivity contribution is -0.119. The third kappa shape index (κ3) is 4.16. The Morgan fingerprint density at radius 2 is 2.11 bits per heavy atom. The van der Waals surface area contributed by atoms with Gasteiger partial charge in [-0.1, -0.05) is 6.07 Å². The number of carbonyl (C=O) groups excluding carboxylic acids is 1. The van der Waals surface area contributed by atoms with Gasteiger partial charge in [-0.05, 0) is 43.9 Å². The molecule has 0 saturated carbocycles. The fourth-order valence-electron chi connectivity index (χ4n) is 4.24. The van der Waals surface area contributed by atoms with E-state index in [-0.39, 0.29) is 19.0 Å². The predicted molar refractivity (Wildman–Crippen MR) is 100 cm³/mol. The highest BCUT2D eigenvalue weighted by Crippen LogP contribution is 2.40. The predicted octanol–water partition coefficient (Wildman–Crippen LogP) is 0.933. The van der Waals surface area contributed by atoms with E-state index < -0.39 is 27.5 Å². The van der Waals surface area contributed by atoms with Crippen molar-refractivity contribution in [2.24, 2.45) is 0 Å². The second-order valence-electron chi connectivity index (χ2n) is 7.55. The molecule has 2 aliphatic heterocycles. The number of piperidine rings is 1. The largest absolute Gasteiger partial charge is 0.390 e. The molecule has 0 bridgehead atoms. The van der Waals surface area contributed by atoms with Gasteiger partial charge < -0.3 is 10.4 Å². The Morgan fingerprint density at radius 3 is 2.78 bits per heavy atom. The molecule has 2 N–H and O–H groups in total. The van der Waals surface area contributed by atoms with Crippen molar-refractivity contribution in [1.29, 1.82) is 0 Å². The number of aliphatic hydroxyl groups excluding tert-OH is 1. The summed E-state index contributed by atoms with van der Waals surface area (Å²) < 4.78 is 39.0. The maximum Gasteiger partial charge on any atom is 0.238 e. The minimum atomic E-state index is -3.39. The van der Waals surface area contributed by atoms with Gasteiger partial charge in [0.25, 0.3) is 0 Å². The molecule has 1 aromatic rings. The highest BCUT2D eigenvalue weighted by molar-refractivity contribution is 7.88. The Bertz CT molecular complexity index is 832. The number of sulfonamides is 1. The molecule has 2 saturated heterocycles. The van der Waals surface area contributed by atoms with Gasteiger partial charge in [0.15, 0.2) is 0 Å². The van der Waals surface area contributed by atoms with Crippen LogP contribution in [0, 0.1) is 12.7 Å². The van der Waals surface area contributed by atoms with Gasteiger partial charge in [0.05, 0.1) is 24.4 Å². The number of hydrogen-bond acceptors (Lipinski definition) is 5. The van der Waals surface area contributed by atoms with Crippen LogP contribution in [0.5, 0.6) is 0 Å². The summed E-state index contributed by atoms with van der Waals surface area (Å²) in [7, 11) is -3.39. The number of hydrogen-bond donors (Lipinski definition) is 2. The number of benzene rings is 1. The Labute approximate surface area is 159 Å². The minimum Gasteiger partial charge on any atom is -0.390 e. The van der Waals surface area contributed by atoms with Gasteiger partial charge in [0.1, 0.15) is 5.82 Å². The molecule has 2 aliphatic rings. The van der Waals surface area contributed by atoms with Crippen molar-refractivity contribution in [3.8, 4) is 0 Å². The molecule has 1 spiro atoms. The average Bonchev–Trinajstić information content (AvgIpc) is 3.00. The van der Waals surface area contributed by atoms with Gasteiger partial charge in [-0.25, -0.2) is 12.8 Å². The van der Waals surface area contributed by atoms with Gasteiger partial charge in [0, 0.05) is 25.3 Å². The number of nitrogens with one attached hydrogen (secondary N) is 1. The smallest absolute Gasteiger partial charge is 0.238 e.